The highest BCUT2D eigenvalue weighted by Crippen LogP contribution is 2.17. The molecule has 0 aliphatic rings. The molecular weight excluding hydrogens is 254 g/mol. The van der Waals surface area contributed by atoms with Crippen molar-refractivity contribution < 1.29 is 9.59 Å². The van der Waals surface area contributed by atoms with Crippen LogP contribution in [-0.2, 0) is 4.79 Å². The molecule has 4 N–H and O–H groups in total. The van der Waals surface area contributed by atoms with Crippen molar-refractivity contribution in [2.24, 2.45) is 0 Å². The van der Waals surface area contributed by atoms with Gasteiger partial charge in [0.15, 0.2) is 0 Å². The molecule has 98 valence electrons. The Labute approximate surface area is 111 Å². The van der Waals surface area contributed by atoms with Gasteiger partial charge in [-0.15, -0.1) is 0 Å². The van der Waals surface area contributed by atoms with Crippen molar-refractivity contribution in [2.75, 3.05) is 18.8 Å². The highest BCUT2D eigenvalue weighted by molar-refractivity contribution is 6.31. The number of carbonyl (C=O) groups is 2. The number of nitrogen functional groups attached to an aromatic ring is 1. The maximum Gasteiger partial charge on any atom is 0.253 e. The lowest BCUT2D eigenvalue weighted by atomic mass is 10.1. The molecule has 6 heteroatoms. The second kappa shape index (κ2) is 6.86. The number of nitrogens with two attached hydrogens (primary N) is 1. The quantitative estimate of drug-likeness (QED) is 0.702. The predicted octanol–water partition coefficient (Wildman–Crippen LogP) is 1.18. The van der Waals surface area contributed by atoms with Gasteiger partial charge in [-0.3, -0.25) is 9.59 Å². The van der Waals surface area contributed by atoms with Gasteiger partial charge in [0.05, 0.1) is 12.1 Å². The second-order valence-corrected chi connectivity index (χ2v) is 4.20. The summed E-state index contributed by atoms with van der Waals surface area (Å²) in [6, 6.07) is 4.62. The number of halogens is 1. The molecule has 0 bridgehead atoms. The van der Waals surface area contributed by atoms with Crippen LogP contribution in [0.2, 0.25) is 5.02 Å². The van der Waals surface area contributed by atoms with Crippen molar-refractivity contribution in [3.63, 3.8) is 0 Å². The van der Waals surface area contributed by atoms with Crippen molar-refractivity contribution in [1.29, 1.82) is 0 Å². The number of hydrogen-bond donors (Lipinski definition) is 3. The Morgan fingerprint density at radius 2 is 2.06 bits per heavy atom. The summed E-state index contributed by atoms with van der Waals surface area (Å²) in [5.74, 6) is -0.646. The highest BCUT2D eigenvalue weighted by atomic mass is 35.5. The van der Waals surface area contributed by atoms with Crippen molar-refractivity contribution in [2.45, 2.75) is 13.3 Å². The Balaban J connectivity index is 2.55. The van der Waals surface area contributed by atoms with E-state index in [1.54, 1.807) is 12.1 Å². The maximum absolute atomic E-state index is 11.8. The van der Waals surface area contributed by atoms with Gasteiger partial charge in [0.1, 0.15) is 0 Å². The molecule has 0 unspecified atom stereocenters. The minimum Gasteiger partial charge on any atom is -0.398 e. The number of anilines is 1. The van der Waals surface area contributed by atoms with E-state index in [0.717, 1.165) is 6.42 Å². The number of carbonyl (C=O) groups excluding carboxylic acids is 2. The fourth-order valence-corrected chi connectivity index (χ4v) is 1.48. The van der Waals surface area contributed by atoms with Gasteiger partial charge in [0, 0.05) is 17.3 Å². The van der Waals surface area contributed by atoms with Crippen molar-refractivity contribution in [3.8, 4) is 0 Å². The summed E-state index contributed by atoms with van der Waals surface area (Å²) >= 11 is 5.78. The summed E-state index contributed by atoms with van der Waals surface area (Å²) in [6.45, 7) is 2.46. The van der Waals surface area contributed by atoms with Crippen LogP contribution in [-0.4, -0.2) is 24.9 Å². The average molecular weight is 270 g/mol. The minimum atomic E-state index is -0.415. The summed E-state index contributed by atoms with van der Waals surface area (Å²) in [6.07, 6.45) is 0.848. The van der Waals surface area contributed by atoms with Crippen LogP contribution in [0, 0.1) is 0 Å². The molecule has 1 aromatic rings. The first-order valence-electron chi connectivity index (χ1n) is 5.64. The van der Waals surface area contributed by atoms with Gasteiger partial charge in [0.25, 0.3) is 5.91 Å². The zero-order valence-electron chi connectivity index (χ0n) is 10.1. The number of nitrogens with one attached hydrogen (secondary N) is 2. The molecule has 0 aliphatic heterocycles. The lowest BCUT2D eigenvalue weighted by Gasteiger charge is -2.08. The summed E-state index contributed by atoms with van der Waals surface area (Å²) in [4.78, 5) is 23.1. The number of hydrogen-bond acceptors (Lipinski definition) is 3. The first kappa shape index (κ1) is 14.3. The normalized spacial score (nSPS) is 9.89. The summed E-state index contributed by atoms with van der Waals surface area (Å²) in [5.41, 5.74) is 6.25. The van der Waals surface area contributed by atoms with Crippen molar-refractivity contribution in [3.05, 3.63) is 28.8 Å². The molecule has 0 aliphatic carbocycles. The summed E-state index contributed by atoms with van der Waals surface area (Å²) < 4.78 is 0. The number of amides is 2. The zero-order valence-corrected chi connectivity index (χ0v) is 10.9. The van der Waals surface area contributed by atoms with E-state index in [1.807, 2.05) is 6.92 Å². The third-order valence-corrected chi connectivity index (χ3v) is 2.48. The first-order valence-corrected chi connectivity index (χ1v) is 6.02. The van der Waals surface area contributed by atoms with Crippen LogP contribution in [0.5, 0.6) is 0 Å². The van der Waals surface area contributed by atoms with Crippen LogP contribution in [0.15, 0.2) is 18.2 Å². The van der Waals surface area contributed by atoms with E-state index in [9.17, 15) is 9.59 Å². The fraction of sp³-hybridized carbons (Fsp3) is 0.333. The van der Waals surface area contributed by atoms with Gasteiger partial charge < -0.3 is 16.4 Å². The van der Waals surface area contributed by atoms with Crippen LogP contribution in [0.3, 0.4) is 0 Å². The monoisotopic (exact) mass is 269 g/mol. The second-order valence-electron chi connectivity index (χ2n) is 3.76. The van der Waals surface area contributed by atoms with Gasteiger partial charge in [-0.2, -0.15) is 0 Å². The molecule has 0 saturated heterocycles. The number of benzene rings is 1. The molecule has 0 heterocycles. The van der Waals surface area contributed by atoms with Crippen LogP contribution in [0.4, 0.5) is 5.69 Å². The van der Waals surface area contributed by atoms with E-state index >= 15 is 0 Å². The molecule has 0 aromatic heterocycles. The van der Waals surface area contributed by atoms with Gasteiger partial charge in [0.2, 0.25) is 5.91 Å². The Bertz CT molecular complexity index is 449. The molecular formula is C12H16ClN3O2. The molecule has 1 rings (SSSR count). The van der Waals surface area contributed by atoms with Gasteiger partial charge in [-0.1, -0.05) is 18.5 Å². The molecule has 0 saturated carbocycles. The standard InChI is InChI=1S/C12H16ClN3O2/c1-2-5-15-11(17)7-16-12(18)9-6-8(13)3-4-10(9)14/h3-4,6H,2,5,7,14H2,1H3,(H,15,17)(H,16,18). The average Bonchev–Trinajstić information content (AvgIpc) is 2.36. The summed E-state index contributed by atoms with van der Waals surface area (Å²) in [5, 5.41) is 5.56. The molecule has 0 atom stereocenters. The fourth-order valence-electron chi connectivity index (χ4n) is 1.31. The summed E-state index contributed by atoms with van der Waals surface area (Å²) in [7, 11) is 0. The van der Waals surface area contributed by atoms with Crippen molar-refractivity contribution >= 4 is 29.1 Å². The van der Waals surface area contributed by atoms with Gasteiger partial charge >= 0.3 is 0 Å². The molecule has 0 radical (unpaired) electrons. The van der Waals surface area contributed by atoms with Crippen LogP contribution >= 0.6 is 11.6 Å². The highest BCUT2D eigenvalue weighted by Gasteiger charge is 2.11. The van der Waals surface area contributed by atoms with E-state index in [2.05, 4.69) is 10.6 Å². The molecule has 0 spiro atoms. The molecule has 1 aromatic carbocycles. The molecule has 2 amide bonds. The zero-order chi connectivity index (χ0) is 13.5. The minimum absolute atomic E-state index is 0.0786. The Morgan fingerprint density at radius 1 is 1.33 bits per heavy atom. The van der Waals surface area contributed by atoms with E-state index < -0.39 is 5.91 Å². The Kier molecular flexibility index (Phi) is 5.45. The van der Waals surface area contributed by atoms with E-state index in [-0.39, 0.29) is 18.0 Å². The predicted molar refractivity (Wildman–Crippen MR) is 71.5 cm³/mol. The first-order chi connectivity index (χ1) is 8.54. The van der Waals surface area contributed by atoms with E-state index in [1.165, 1.54) is 6.07 Å². The molecule has 18 heavy (non-hydrogen) atoms. The third kappa shape index (κ3) is 4.25. The van der Waals surface area contributed by atoms with Crippen molar-refractivity contribution in [1.82, 2.24) is 10.6 Å². The van der Waals surface area contributed by atoms with E-state index in [0.29, 0.717) is 17.3 Å². The Hall–Kier alpha value is -1.75. The largest absolute Gasteiger partial charge is 0.398 e. The number of rotatable bonds is 5. The topological polar surface area (TPSA) is 84.2 Å². The van der Waals surface area contributed by atoms with Crippen LogP contribution < -0.4 is 16.4 Å². The van der Waals surface area contributed by atoms with Crippen LogP contribution in [0.25, 0.3) is 0 Å². The maximum atomic E-state index is 11.8. The Morgan fingerprint density at radius 3 is 2.72 bits per heavy atom. The van der Waals surface area contributed by atoms with Gasteiger partial charge in [-0.05, 0) is 24.6 Å². The van der Waals surface area contributed by atoms with E-state index in [4.69, 9.17) is 17.3 Å². The third-order valence-electron chi connectivity index (χ3n) is 2.24. The van der Waals surface area contributed by atoms with Gasteiger partial charge in [-0.25, -0.2) is 0 Å². The molecule has 0 fully saturated rings. The van der Waals surface area contributed by atoms with Crippen LogP contribution in [0.1, 0.15) is 23.7 Å². The SMILES string of the molecule is CCCNC(=O)CNC(=O)c1cc(Cl)ccc1N. The smallest absolute Gasteiger partial charge is 0.253 e. The lowest BCUT2D eigenvalue weighted by molar-refractivity contribution is -0.120. The molecule has 5 nitrogen and oxygen atoms in total. The lowest BCUT2D eigenvalue weighted by Crippen LogP contribution is -2.37.